The quantitative estimate of drug-likeness (QED) is 0.313. The Hall–Kier alpha value is -3.32. The maximum atomic E-state index is 11.8. The molecule has 6 nitrogen and oxygen atoms in total. The molecule has 3 heterocycles. The molecule has 1 aliphatic carbocycles. The standard InChI is InChI=1S/C29H25ClN2O4/c1-15-2-3-17(11-19(15)28(34)35)22-14-29(22)21-12-20(23(30)13-24(21)31-27-26(29)36-27)16-4-5-25-18(10-16)6-7-32(25)8-9-33/h2-7,10-13,22,26-27,31,33H,8-9,14H2,1H3,(H,34,35). The highest BCUT2D eigenvalue weighted by Gasteiger charge is 2.71. The minimum absolute atomic E-state index is 0.0311. The van der Waals surface area contributed by atoms with E-state index in [4.69, 9.17) is 16.3 Å². The molecule has 4 atom stereocenters. The monoisotopic (exact) mass is 500 g/mol. The van der Waals surface area contributed by atoms with Gasteiger partial charge in [0.1, 0.15) is 6.10 Å². The van der Waals surface area contributed by atoms with Gasteiger partial charge in [-0.1, -0.05) is 29.8 Å². The number of aryl methyl sites for hydroxylation is 1. The molecule has 4 aromatic rings. The Morgan fingerprint density at radius 3 is 2.86 bits per heavy atom. The van der Waals surface area contributed by atoms with Gasteiger partial charge in [-0.15, -0.1) is 0 Å². The molecule has 3 N–H and O–H groups in total. The van der Waals surface area contributed by atoms with Crippen LogP contribution in [0.1, 0.15) is 39.4 Å². The van der Waals surface area contributed by atoms with Crippen molar-refractivity contribution in [2.45, 2.75) is 43.6 Å². The van der Waals surface area contributed by atoms with Gasteiger partial charge in [-0.2, -0.15) is 0 Å². The van der Waals surface area contributed by atoms with Crippen LogP contribution >= 0.6 is 11.6 Å². The van der Waals surface area contributed by atoms with Crippen LogP contribution in [0.5, 0.6) is 0 Å². The van der Waals surface area contributed by atoms with E-state index in [-0.39, 0.29) is 30.3 Å². The van der Waals surface area contributed by atoms with E-state index in [1.807, 2.05) is 35.9 Å². The second kappa shape index (κ2) is 7.59. The molecule has 0 bridgehead atoms. The highest BCUT2D eigenvalue weighted by atomic mass is 35.5. The van der Waals surface area contributed by atoms with Gasteiger partial charge in [0.25, 0.3) is 0 Å². The summed E-state index contributed by atoms with van der Waals surface area (Å²) in [6.07, 6.45) is 2.93. The number of aliphatic hydroxyl groups excluding tert-OH is 1. The smallest absolute Gasteiger partial charge is 0.335 e. The molecule has 2 aliphatic heterocycles. The maximum absolute atomic E-state index is 11.8. The van der Waals surface area contributed by atoms with Crippen LogP contribution in [0.2, 0.25) is 5.02 Å². The van der Waals surface area contributed by atoms with E-state index >= 15 is 0 Å². The number of aromatic carboxylic acids is 1. The zero-order valence-electron chi connectivity index (χ0n) is 19.7. The van der Waals surface area contributed by atoms with Gasteiger partial charge < -0.3 is 24.8 Å². The van der Waals surface area contributed by atoms with Crippen LogP contribution < -0.4 is 5.32 Å². The van der Waals surface area contributed by atoms with Crippen LogP contribution in [0.4, 0.5) is 5.69 Å². The molecule has 3 aromatic carbocycles. The van der Waals surface area contributed by atoms with Gasteiger partial charge in [0.05, 0.1) is 17.2 Å². The third-order valence-electron chi connectivity index (χ3n) is 8.23. The van der Waals surface area contributed by atoms with E-state index in [2.05, 4.69) is 41.7 Å². The Bertz CT molecular complexity index is 1580. The number of aromatic nitrogens is 1. The van der Waals surface area contributed by atoms with Crippen molar-refractivity contribution in [3.63, 3.8) is 0 Å². The fraction of sp³-hybridized carbons (Fsp3) is 0.276. The van der Waals surface area contributed by atoms with Gasteiger partial charge in [0.15, 0.2) is 6.23 Å². The molecular formula is C29H25ClN2O4. The predicted molar refractivity (Wildman–Crippen MR) is 139 cm³/mol. The number of hydrogen-bond donors (Lipinski definition) is 3. The summed E-state index contributed by atoms with van der Waals surface area (Å²) in [4.78, 5) is 11.8. The molecule has 0 amide bonds. The molecule has 7 heteroatoms. The van der Waals surface area contributed by atoms with Crippen molar-refractivity contribution in [1.29, 1.82) is 0 Å². The number of benzene rings is 3. The Labute approximate surface area is 213 Å². The highest BCUT2D eigenvalue weighted by molar-refractivity contribution is 6.33. The number of carbonyl (C=O) groups is 1. The van der Waals surface area contributed by atoms with Crippen LogP contribution in [-0.4, -0.2) is 39.7 Å². The van der Waals surface area contributed by atoms with Gasteiger partial charge in [-0.25, -0.2) is 4.79 Å². The number of rotatable bonds is 5. The average Bonchev–Trinajstić information content (AvgIpc) is 3.76. The van der Waals surface area contributed by atoms with Gasteiger partial charge >= 0.3 is 5.97 Å². The van der Waals surface area contributed by atoms with Crippen LogP contribution in [0, 0.1) is 6.92 Å². The number of epoxide rings is 1. The minimum Gasteiger partial charge on any atom is -0.478 e. The normalized spacial score (nSPS) is 25.4. The minimum atomic E-state index is -0.896. The number of halogens is 1. The molecule has 1 spiro atoms. The van der Waals surface area contributed by atoms with E-state index in [0.29, 0.717) is 17.1 Å². The van der Waals surface area contributed by atoms with Crippen LogP contribution in [0.3, 0.4) is 0 Å². The Balaban J connectivity index is 1.32. The van der Waals surface area contributed by atoms with Crippen molar-refractivity contribution in [1.82, 2.24) is 4.57 Å². The van der Waals surface area contributed by atoms with Crippen LogP contribution in [-0.2, 0) is 16.7 Å². The number of fused-ring (bicyclic) bond motifs is 5. The summed E-state index contributed by atoms with van der Waals surface area (Å²) in [7, 11) is 0. The molecule has 2 fully saturated rings. The van der Waals surface area contributed by atoms with Gasteiger partial charge in [-0.3, -0.25) is 0 Å². The maximum Gasteiger partial charge on any atom is 0.335 e. The second-order valence-electron chi connectivity index (χ2n) is 10.2. The number of carboxylic acid groups (broad SMARTS) is 1. The summed E-state index contributed by atoms with van der Waals surface area (Å²) >= 11 is 6.82. The lowest BCUT2D eigenvalue weighted by Gasteiger charge is -2.26. The van der Waals surface area contributed by atoms with E-state index in [1.54, 1.807) is 0 Å². The van der Waals surface area contributed by atoms with Gasteiger partial charge in [-0.05, 0) is 77.9 Å². The van der Waals surface area contributed by atoms with Crippen LogP contribution in [0.15, 0.2) is 60.8 Å². The first kappa shape index (κ1) is 21.9. The molecule has 4 unspecified atom stereocenters. The van der Waals surface area contributed by atoms with Crippen molar-refractivity contribution in [3.8, 4) is 11.1 Å². The van der Waals surface area contributed by atoms with E-state index < -0.39 is 5.97 Å². The zero-order chi connectivity index (χ0) is 24.8. The largest absolute Gasteiger partial charge is 0.478 e. The molecule has 182 valence electrons. The molecule has 3 aliphatic rings. The number of aliphatic hydroxyl groups is 1. The Morgan fingerprint density at radius 1 is 1.19 bits per heavy atom. The van der Waals surface area contributed by atoms with Crippen molar-refractivity contribution in [2.75, 3.05) is 11.9 Å². The first-order valence-electron chi connectivity index (χ1n) is 12.2. The summed E-state index contributed by atoms with van der Waals surface area (Å²) in [5, 5.41) is 24.2. The van der Waals surface area contributed by atoms with Gasteiger partial charge in [0, 0.05) is 40.3 Å². The lowest BCUT2D eigenvalue weighted by Crippen LogP contribution is -2.29. The number of hydrogen-bond acceptors (Lipinski definition) is 4. The SMILES string of the molecule is Cc1ccc(C2CC23c2cc(-c4ccc5c(ccn5CCO)c4)c(Cl)cc2NC2OC23)cc1C(=O)O. The van der Waals surface area contributed by atoms with Crippen molar-refractivity contribution < 1.29 is 19.7 Å². The van der Waals surface area contributed by atoms with Crippen molar-refractivity contribution in [2.24, 2.45) is 0 Å². The predicted octanol–water partition coefficient (Wildman–Crippen LogP) is 5.54. The topological polar surface area (TPSA) is 87.0 Å². The summed E-state index contributed by atoms with van der Waals surface area (Å²) in [6, 6.07) is 18.3. The third kappa shape index (κ3) is 3.08. The fourth-order valence-electron chi connectivity index (χ4n) is 6.28. The first-order chi connectivity index (χ1) is 17.4. The van der Waals surface area contributed by atoms with Gasteiger partial charge in [0.2, 0.25) is 0 Å². The van der Waals surface area contributed by atoms with Crippen LogP contribution in [0.25, 0.3) is 22.0 Å². The van der Waals surface area contributed by atoms with Crippen molar-refractivity contribution in [3.05, 3.63) is 88.1 Å². The lowest BCUT2D eigenvalue weighted by molar-refractivity contribution is 0.0696. The number of nitrogens with zero attached hydrogens (tertiary/aromatic N) is 1. The summed E-state index contributed by atoms with van der Waals surface area (Å²) in [5.41, 5.74) is 7.23. The average molecular weight is 501 g/mol. The third-order valence-corrected chi connectivity index (χ3v) is 8.54. The Morgan fingerprint density at radius 2 is 2.06 bits per heavy atom. The van der Waals surface area contributed by atoms with E-state index in [9.17, 15) is 15.0 Å². The molecule has 0 radical (unpaired) electrons. The molecule has 1 saturated carbocycles. The zero-order valence-corrected chi connectivity index (χ0v) is 20.4. The van der Waals surface area contributed by atoms with E-state index in [1.165, 1.54) is 5.56 Å². The fourth-order valence-corrected chi connectivity index (χ4v) is 6.56. The molecular weight excluding hydrogens is 476 g/mol. The second-order valence-corrected chi connectivity index (χ2v) is 10.6. The van der Waals surface area contributed by atoms with E-state index in [0.717, 1.165) is 45.3 Å². The molecule has 1 saturated heterocycles. The molecule has 36 heavy (non-hydrogen) atoms. The molecule has 7 rings (SSSR count). The molecule has 1 aromatic heterocycles. The summed E-state index contributed by atoms with van der Waals surface area (Å²) < 4.78 is 8.11. The number of carboxylic acids is 1. The summed E-state index contributed by atoms with van der Waals surface area (Å²) in [5.74, 6) is -0.705. The van der Waals surface area contributed by atoms with Crippen molar-refractivity contribution >= 4 is 34.2 Å². The first-order valence-corrected chi connectivity index (χ1v) is 12.6. The lowest BCUT2D eigenvalue weighted by atomic mass is 9.82. The number of ether oxygens (including phenoxy) is 1. The number of anilines is 1. The Kier molecular flexibility index (Phi) is 4.62. The summed E-state index contributed by atoms with van der Waals surface area (Å²) in [6.45, 7) is 2.49. The number of nitrogens with one attached hydrogen (secondary N) is 1. The highest BCUT2D eigenvalue weighted by Crippen LogP contribution is 2.70.